The smallest absolute Gasteiger partial charge is 0.0749 e. The van der Waals surface area contributed by atoms with Gasteiger partial charge in [-0.05, 0) is 104 Å². The van der Waals surface area contributed by atoms with Gasteiger partial charge < -0.3 is 9.47 Å². The Morgan fingerprint density at radius 3 is 1.50 bits per heavy atom. The normalized spacial score (nSPS) is 15.7. The van der Waals surface area contributed by atoms with Crippen molar-refractivity contribution in [3.63, 3.8) is 0 Å². The van der Waals surface area contributed by atoms with Crippen LogP contribution in [0.5, 0.6) is 0 Å². The van der Waals surface area contributed by atoms with Crippen molar-refractivity contribution in [1.82, 2.24) is 4.57 Å². The van der Waals surface area contributed by atoms with E-state index in [0.29, 0.717) is 0 Å². The molecule has 0 radical (unpaired) electrons. The number of aromatic nitrogens is 1. The van der Waals surface area contributed by atoms with Crippen molar-refractivity contribution in [2.75, 3.05) is 4.90 Å². The molecule has 1 atom stereocenters. The molecule has 1 aliphatic heterocycles. The Hall–Kier alpha value is -7.42. The topological polar surface area (TPSA) is 8.17 Å². The summed E-state index contributed by atoms with van der Waals surface area (Å²) in [7, 11) is 0. The molecular weight excluding hydrogens is 725 g/mol. The summed E-state index contributed by atoms with van der Waals surface area (Å²) in [5, 5.41) is 2.57. The average Bonchev–Trinajstić information content (AvgIpc) is 3.65. The molecule has 0 saturated carbocycles. The number of fused-ring (bicyclic) bond motifs is 11. The summed E-state index contributed by atoms with van der Waals surface area (Å²) in [6.07, 6.45) is 0. The second-order valence-corrected chi connectivity index (χ2v) is 16.9. The molecule has 0 bridgehead atoms. The summed E-state index contributed by atoms with van der Waals surface area (Å²) in [6.45, 7) is 4.82. The third kappa shape index (κ3) is 4.82. The van der Waals surface area contributed by atoms with Crippen LogP contribution in [0.15, 0.2) is 218 Å². The maximum atomic E-state index is 2.53. The van der Waals surface area contributed by atoms with Crippen LogP contribution < -0.4 is 4.90 Å². The Morgan fingerprint density at radius 1 is 0.350 bits per heavy atom. The molecule has 12 rings (SSSR count). The zero-order chi connectivity index (χ0) is 40.0. The first-order valence-corrected chi connectivity index (χ1v) is 21.0. The molecule has 1 unspecified atom stereocenters. The molecule has 10 aromatic rings. The molecule has 1 aromatic heterocycles. The van der Waals surface area contributed by atoms with Gasteiger partial charge in [-0.1, -0.05) is 184 Å². The van der Waals surface area contributed by atoms with E-state index in [1.807, 2.05) is 0 Å². The van der Waals surface area contributed by atoms with Crippen molar-refractivity contribution in [3.8, 4) is 27.9 Å². The molecule has 1 spiro atoms. The largest absolute Gasteiger partial charge is 0.310 e. The van der Waals surface area contributed by atoms with Gasteiger partial charge in [-0.2, -0.15) is 0 Å². The van der Waals surface area contributed by atoms with E-state index >= 15 is 0 Å². The Labute approximate surface area is 351 Å². The molecule has 9 aromatic carbocycles. The standard InChI is InChI=1S/C58H42N2/c1-57(2)48-22-10-11-23-50(48)58(51-24-12-14-27-55(51)60-54-26-13-9-20-46(54)47-21-15-25-52(58)56(47)60)53-38-45(36-37-49(53)57)59(43-32-28-41(29-33-43)39-16-5-3-6-17-39)44-34-30-42(31-35-44)40-18-7-4-8-19-40/h3-38H,1-2H3. The van der Waals surface area contributed by atoms with Crippen molar-refractivity contribution in [3.05, 3.63) is 252 Å². The van der Waals surface area contributed by atoms with Gasteiger partial charge in [-0.25, -0.2) is 0 Å². The van der Waals surface area contributed by atoms with Crippen LogP contribution in [0.25, 0.3) is 49.7 Å². The summed E-state index contributed by atoms with van der Waals surface area (Å²) in [5.41, 5.74) is 19.1. The maximum Gasteiger partial charge on any atom is 0.0749 e. The van der Waals surface area contributed by atoms with Gasteiger partial charge in [0, 0.05) is 33.2 Å². The number of hydrogen-bond donors (Lipinski definition) is 0. The van der Waals surface area contributed by atoms with Gasteiger partial charge in [0.25, 0.3) is 0 Å². The van der Waals surface area contributed by atoms with Crippen LogP contribution >= 0.6 is 0 Å². The molecule has 2 aliphatic rings. The van der Waals surface area contributed by atoms with E-state index in [9.17, 15) is 0 Å². The fourth-order valence-electron chi connectivity index (χ4n) is 10.8. The van der Waals surface area contributed by atoms with Crippen LogP contribution in [-0.2, 0) is 10.8 Å². The lowest BCUT2D eigenvalue weighted by molar-refractivity contribution is 0.556. The van der Waals surface area contributed by atoms with Gasteiger partial charge in [-0.15, -0.1) is 0 Å². The molecule has 2 heteroatoms. The van der Waals surface area contributed by atoms with Crippen molar-refractivity contribution in [2.45, 2.75) is 24.7 Å². The average molecular weight is 767 g/mol. The van der Waals surface area contributed by atoms with Gasteiger partial charge in [0.2, 0.25) is 0 Å². The zero-order valence-electron chi connectivity index (χ0n) is 33.7. The summed E-state index contributed by atoms with van der Waals surface area (Å²) in [4.78, 5) is 2.44. The van der Waals surface area contributed by atoms with Gasteiger partial charge in [0.15, 0.2) is 0 Å². The first kappa shape index (κ1) is 34.6. The van der Waals surface area contributed by atoms with Crippen molar-refractivity contribution in [2.24, 2.45) is 0 Å². The van der Waals surface area contributed by atoms with E-state index in [2.05, 4.69) is 242 Å². The summed E-state index contributed by atoms with van der Waals surface area (Å²) in [6, 6.07) is 81.0. The number of hydrogen-bond acceptors (Lipinski definition) is 1. The molecule has 0 saturated heterocycles. The predicted molar refractivity (Wildman–Crippen MR) is 250 cm³/mol. The Bertz CT molecular complexity index is 3180. The van der Waals surface area contributed by atoms with Crippen LogP contribution in [-0.4, -0.2) is 4.57 Å². The summed E-state index contributed by atoms with van der Waals surface area (Å²) >= 11 is 0. The van der Waals surface area contributed by atoms with Crippen molar-refractivity contribution < 1.29 is 0 Å². The van der Waals surface area contributed by atoms with Gasteiger partial charge >= 0.3 is 0 Å². The molecule has 0 fully saturated rings. The van der Waals surface area contributed by atoms with Crippen LogP contribution in [0.2, 0.25) is 0 Å². The van der Waals surface area contributed by atoms with Gasteiger partial charge in [0.05, 0.1) is 22.1 Å². The first-order chi connectivity index (χ1) is 29.5. The first-order valence-electron chi connectivity index (χ1n) is 21.0. The number of para-hydroxylation sites is 3. The molecule has 1 aliphatic carbocycles. The SMILES string of the molecule is CC1(C)c2ccccc2C2(c3ccccc3-n3c4ccccc4c4cccc2c43)c2cc(N(c3ccc(-c4ccccc4)cc3)c3ccc(-c4ccccc4)cc3)ccc21. The van der Waals surface area contributed by atoms with E-state index in [4.69, 9.17) is 0 Å². The van der Waals surface area contributed by atoms with E-state index in [1.165, 1.54) is 83.1 Å². The molecular formula is C58H42N2. The second kappa shape index (κ2) is 13.0. The second-order valence-electron chi connectivity index (χ2n) is 16.9. The lowest BCUT2D eigenvalue weighted by Crippen LogP contribution is -2.44. The third-order valence-corrected chi connectivity index (χ3v) is 13.5. The maximum absolute atomic E-state index is 2.53. The molecule has 2 nitrogen and oxygen atoms in total. The van der Waals surface area contributed by atoms with Crippen LogP contribution in [0.4, 0.5) is 17.1 Å². The summed E-state index contributed by atoms with van der Waals surface area (Å²) < 4.78 is 2.53. The quantitative estimate of drug-likeness (QED) is 0.169. The number of anilines is 3. The Kier molecular flexibility index (Phi) is 7.52. The summed E-state index contributed by atoms with van der Waals surface area (Å²) in [5.74, 6) is 0. The fraction of sp³-hybridized carbons (Fsp3) is 0.0690. The monoisotopic (exact) mass is 766 g/mol. The fourth-order valence-corrected chi connectivity index (χ4v) is 10.8. The Morgan fingerprint density at radius 2 is 0.833 bits per heavy atom. The van der Waals surface area contributed by atoms with Crippen LogP contribution in [0.3, 0.4) is 0 Å². The van der Waals surface area contributed by atoms with E-state index in [0.717, 1.165) is 17.1 Å². The van der Waals surface area contributed by atoms with E-state index in [-0.39, 0.29) is 5.41 Å². The minimum absolute atomic E-state index is 0.248. The number of nitrogens with zero attached hydrogens (tertiary/aromatic N) is 2. The highest BCUT2D eigenvalue weighted by Crippen LogP contribution is 2.61. The molecule has 60 heavy (non-hydrogen) atoms. The Balaban J connectivity index is 1.15. The molecule has 0 N–H and O–H groups in total. The molecule has 2 heterocycles. The minimum atomic E-state index is -0.585. The molecule has 284 valence electrons. The van der Waals surface area contributed by atoms with Gasteiger partial charge in [0.1, 0.15) is 0 Å². The highest BCUT2D eigenvalue weighted by molar-refractivity contribution is 6.12. The predicted octanol–water partition coefficient (Wildman–Crippen LogP) is 14.9. The minimum Gasteiger partial charge on any atom is -0.310 e. The highest BCUT2D eigenvalue weighted by atomic mass is 15.1. The zero-order valence-corrected chi connectivity index (χ0v) is 33.7. The van der Waals surface area contributed by atoms with Crippen LogP contribution in [0, 0.1) is 0 Å². The molecule has 0 amide bonds. The number of rotatable bonds is 5. The van der Waals surface area contributed by atoms with E-state index < -0.39 is 5.41 Å². The van der Waals surface area contributed by atoms with E-state index in [1.54, 1.807) is 0 Å². The van der Waals surface area contributed by atoms with Crippen molar-refractivity contribution in [1.29, 1.82) is 0 Å². The number of benzene rings is 9. The van der Waals surface area contributed by atoms with Gasteiger partial charge in [-0.3, -0.25) is 0 Å². The van der Waals surface area contributed by atoms with Crippen molar-refractivity contribution >= 4 is 38.9 Å². The van der Waals surface area contributed by atoms with Crippen LogP contribution in [0.1, 0.15) is 47.2 Å². The lowest BCUT2D eigenvalue weighted by Gasteiger charge is -2.50. The highest BCUT2D eigenvalue weighted by Gasteiger charge is 2.52. The third-order valence-electron chi connectivity index (χ3n) is 13.5. The lowest BCUT2D eigenvalue weighted by atomic mass is 9.53.